The molecule has 0 radical (unpaired) electrons. The lowest BCUT2D eigenvalue weighted by Gasteiger charge is -2.06. The molecule has 25 heavy (non-hydrogen) atoms. The third-order valence-corrected chi connectivity index (χ3v) is 4.37. The highest BCUT2D eigenvalue weighted by Crippen LogP contribution is 2.59. The third kappa shape index (κ3) is 7.17. The Balaban J connectivity index is 0.000000441. The molecular formula is C22H35ClN2. The van der Waals surface area contributed by atoms with E-state index in [-0.39, 0.29) is 11.8 Å². The van der Waals surface area contributed by atoms with Crippen LogP contribution in [0.3, 0.4) is 0 Å². The number of halogens is 1. The van der Waals surface area contributed by atoms with Crippen molar-refractivity contribution in [3.63, 3.8) is 0 Å². The van der Waals surface area contributed by atoms with Crippen LogP contribution < -0.4 is 5.73 Å². The van der Waals surface area contributed by atoms with E-state index in [4.69, 9.17) is 17.3 Å². The van der Waals surface area contributed by atoms with Gasteiger partial charge >= 0.3 is 0 Å². The molecule has 140 valence electrons. The number of hydrogen-bond acceptors (Lipinski definition) is 2. The molecule has 0 bridgehead atoms. The summed E-state index contributed by atoms with van der Waals surface area (Å²) in [6, 6.07) is 5.86. The number of aromatic nitrogens is 1. The minimum atomic E-state index is -0.584. The van der Waals surface area contributed by atoms with Gasteiger partial charge in [-0.1, -0.05) is 64.1 Å². The van der Waals surface area contributed by atoms with Gasteiger partial charge in [0, 0.05) is 23.7 Å². The molecule has 2 aliphatic rings. The summed E-state index contributed by atoms with van der Waals surface area (Å²) in [6.07, 6.45) is 10.6. The Kier molecular flexibility index (Phi) is 11.4. The smallest absolute Gasteiger partial charge is 0.106 e. The second-order valence-electron chi connectivity index (χ2n) is 5.78. The number of rotatable bonds is 2. The fraction of sp³-hybridized carbons (Fsp3) is 0.500. The van der Waals surface area contributed by atoms with Crippen LogP contribution in [-0.4, -0.2) is 9.98 Å². The molecule has 0 aliphatic heterocycles. The standard InChI is InChI=1S/C12H16ClN.C6H7N.2C2H6/c1-8(2)10-11(12(10,13)14)9-6-4-3-5-7-9;1-6-4-2-3-5-7-6;2*1-2/h4,6-7,10-11H,1,3,5,14H2,2H3;2-5H,1H3;2*1-2H3. The molecule has 1 fully saturated rings. The van der Waals surface area contributed by atoms with Gasteiger partial charge in [-0.15, -0.1) is 11.6 Å². The minimum Gasteiger partial charge on any atom is -0.312 e. The van der Waals surface area contributed by atoms with Gasteiger partial charge in [0.1, 0.15) is 5.00 Å². The molecule has 2 N–H and O–H groups in total. The van der Waals surface area contributed by atoms with Crippen molar-refractivity contribution in [2.75, 3.05) is 0 Å². The first-order valence-electron chi connectivity index (χ1n) is 9.32. The summed E-state index contributed by atoms with van der Waals surface area (Å²) in [5.41, 5.74) is 9.47. The van der Waals surface area contributed by atoms with E-state index < -0.39 is 5.00 Å². The monoisotopic (exact) mass is 362 g/mol. The molecule has 1 heterocycles. The number of allylic oxidation sites excluding steroid dienone is 3. The van der Waals surface area contributed by atoms with Crippen LogP contribution >= 0.6 is 11.6 Å². The Labute approximate surface area is 159 Å². The van der Waals surface area contributed by atoms with E-state index in [1.54, 1.807) is 6.20 Å². The zero-order valence-corrected chi connectivity index (χ0v) is 17.5. The van der Waals surface area contributed by atoms with E-state index in [2.05, 4.69) is 29.8 Å². The molecule has 2 nitrogen and oxygen atoms in total. The highest BCUT2D eigenvalue weighted by molar-refractivity contribution is 6.26. The van der Waals surface area contributed by atoms with Crippen molar-refractivity contribution in [2.45, 2.75) is 59.4 Å². The van der Waals surface area contributed by atoms with Gasteiger partial charge in [0.05, 0.1) is 0 Å². The van der Waals surface area contributed by atoms with Gasteiger partial charge in [-0.25, -0.2) is 0 Å². The summed E-state index contributed by atoms with van der Waals surface area (Å²) in [6.45, 7) is 15.9. The Bertz CT molecular complexity index is 559. The van der Waals surface area contributed by atoms with Gasteiger partial charge in [-0.2, -0.15) is 0 Å². The van der Waals surface area contributed by atoms with Crippen LogP contribution in [0.1, 0.15) is 53.2 Å². The molecule has 3 rings (SSSR count). The van der Waals surface area contributed by atoms with Gasteiger partial charge in [0.25, 0.3) is 0 Å². The molecular weight excluding hydrogens is 328 g/mol. The number of aryl methyl sites for hydroxylation is 1. The van der Waals surface area contributed by atoms with Crippen molar-refractivity contribution < 1.29 is 0 Å². The molecule has 3 unspecified atom stereocenters. The van der Waals surface area contributed by atoms with Gasteiger partial charge in [0.15, 0.2) is 0 Å². The zero-order valence-electron chi connectivity index (χ0n) is 16.7. The average molecular weight is 363 g/mol. The normalized spacial score (nSPS) is 25.7. The zero-order chi connectivity index (χ0) is 19.5. The lowest BCUT2D eigenvalue weighted by Crippen LogP contribution is -2.19. The fourth-order valence-corrected chi connectivity index (χ4v) is 3.30. The Hall–Kier alpha value is -1.38. The first kappa shape index (κ1) is 23.6. The summed E-state index contributed by atoms with van der Waals surface area (Å²) in [5.74, 6) is 0.524. The second kappa shape index (κ2) is 12.1. The van der Waals surface area contributed by atoms with Crippen molar-refractivity contribution in [2.24, 2.45) is 17.6 Å². The number of nitrogens with two attached hydrogens (primary N) is 1. The molecule has 3 atom stereocenters. The van der Waals surface area contributed by atoms with Crippen LogP contribution in [0, 0.1) is 18.8 Å². The minimum absolute atomic E-state index is 0.248. The van der Waals surface area contributed by atoms with E-state index in [1.807, 2.05) is 59.7 Å². The molecule has 3 heteroatoms. The quantitative estimate of drug-likeness (QED) is 0.374. The van der Waals surface area contributed by atoms with Crippen LogP contribution in [0.2, 0.25) is 0 Å². The Morgan fingerprint density at radius 1 is 1.24 bits per heavy atom. The van der Waals surface area contributed by atoms with Gasteiger partial charge in [-0.05, 0) is 44.4 Å². The number of nitrogens with zero attached hydrogens (tertiary/aromatic N) is 1. The maximum atomic E-state index is 6.24. The molecule has 0 aromatic carbocycles. The maximum absolute atomic E-state index is 6.24. The molecule has 0 saturated heterocycles. The number of pyridine rings is 1. The molecule has 0 amide bonds. The Morgan fingerprint density at radius 2 is 1.88 bits per heavy atom. The summed E-state index contributed by atoms with van der Waals surface area (Å²) < 4.78 is 0. The van der Waals surface area contributed by atoms with Gasteiger partial charge in [-0.3, -0.25) is 4.98 Å². The fourth-order valence-electron chi connectivity index (χ4n) is 2.80. The highest BCUT2D eigenvalue weighted by Gasteiger charge is 2.62. The summed E-state index contributed by atoms with van der Waals surface area (Å²) in [7, 11) is 0. The SMILES string of the molecule is C=C(C)C1C(C2=CCCC=C2)C1(N)Cl.CC.CC.Cc1ccccn1. The van der Waals surface area contributed by atoms with E-state index in [1.165, 1.54) is 5.57 Å². The third-order valence-electron chi connectivity index (χ3n) is 3.90. The van der Waals surface area contributed by atoms with Crippen LogP contribution in [0.4, 0.5) is 0 Å². The predicted molar refractivity (Wildman–Crippen MR) is 113 cm³/mol. The first-order chi connectivity index (χ1) is 11.9. The molecule has 1 saturated carbocycles. The summed E-state index contributed by atoms with van der Waals surface area (Å²) >= 11 is 6.24. The first-order valence-corrected chi connectivity index (χ1v) is 9.69. The molecule has 1 aromatic heterocycles. The average Bonchev–Trinajstić information content (AvgIpc) is 3.23. The van der Waals surface area contributed by atoms with E-state index >= 15 is 0 Å². The van der Waals surface area contributed by atoms with Gasteiger partial charge < -0.3 is 5.73 Å². The largest absolute Gasteiger partial charge is 0.312 e. The van der Waals surface area contributed by atoms with Crippen molar-refractivity contribution in [1.29, 1.82) is 0 Å². The summed E-state index contributed by atoms with van der Waals surface area (Å²) in [4.78, 5) is 3.40. The van der Waals surface area contributed by atoms with Crippen LogP contribution in [0.15, 0.2) is 60.3 Å². The van der Waals surface area contributed by atoms with Crippen molar-refractivity contribution >= 4 is 11.6 Å². The van der Waals surface area contributed by atoms with Crippen LogP contribution in [0.25, 0.3) is 0 Å². The van der Waals surface area contributed by atoms with Gasteiger partial charge in [0.2, 0.25) is 0 Å². The van der Waals surface area contributed by atoms with E-state index in [9.17, 15) is 0 Å². The molecule has 0 spiro atoms. The van der Waals surface area contributed by atoms with E-state index in [0.717, 1.165) is 24.1 Å². The van der Waals surface area contributed by atoms with E-state index in [0.29, 0.717) is 0 Å². The number of hydrogen-bond donors (Lipinski definition) is 1. The highest BCUT2D eigenvalue weighted by atomic mass is 35.5. The number of alkyl halides is 1. The lowest BCUT2D eigenvalue weighted by molar-refractivity contribution is 0.847. The Morgan fingerprint density at radius 3 is 2.20 bits per heavy atom. The maximum Gasteiger partial charge on any atom is 0.106 e. The lowest BCUT2D eigenvalue weighted by atomic mass is 10.0. The second-order valence-corrected chi connectivity index (χ2v) is 6.44. The van der Waals surface area contributed by atoms with Crippen LogP contribution in [-0.2, 0) is 0 Å². The van der Waals surface area contributed by atoms with Crippen molar-refractivity contribution in [1.82, 2.24) is 4.98 Å². The topological polar surface area (TPSA) is 38.9 Å². The van der Waals surface area contributed by atoms with Crippen LogP contribution in [0.5, 0.6) is 0 Å². The molecule has 2 aliphatic carbocycles. The van der Waals surface area contributed by atoms with Crippen molar-refractivity contribution in [3.8, 4) is 0 Å². The summed E-state index contributed by atoms with van der Waals surface area (Å²) in [5, 5.41) is 0. The molecule has 1 aromatic rings. The predicted octanol–water partition coefficient (Wildman–Crippen LogP) is 6.42. The van der Waals surface area contributed by atoms with Crippen molar-refractivity contribution in [3.05, 3.63) is 66.0 Å².